The van der Waals surface area contributed by atoms with Crippen molar-refractivity contribution in [3.8, 4) is 0 Å². The van der Waals surface area contributed by atoms with E-state index in [4.69, 9.17) is 9.72 Å². The third kappa shape index (κ3) is 3.21. The van der Waals surface area contributed by atoms with E-state index in [-0.39, 0.29) is 16.8 Å². The Labute approximate surface area is 133 Å². The molecule has 1 aromatic heterocycles. The molecule has 0 spiro atoms. The molecule has 0 fully saturated rings. The lowest BCUT2D eigenvalue weighted by molar-refractivity contribution is -0.137. The van der Waals surface area contributed by atoms with Crippen molar-refractivity contribution in [2.75, 3.05) is 6.61 Å². The molecule has 0 aromatic carbocycles. The Morgan fingerprint density at radius 2 is 1.82 bits per heavy atom. The van der Waals surface area contributed by atoms with Crippen molar-refractivity contribution in [2.24, 2.45) is 0 Å². The summed E-state index contributed by atoms with van der Waals surface area (Å²) in [4.78, 5) is 21.1. The van der Waals surface area contributed by atoms with Crippen LogP contribution >= 0.6 is 0 Å². The van der Waals surface area contributed by atoms with Gasteiger partial charge in [-0.25, -0.2) is 9.78 Å². The van der Waals surface area contributed by atoms with Crippen LogP contribution in [0.15, 0.2) is 12.3 Å². The predicted octanol–water partition coefficient (Wildman–Crippen LogP) is 3.79. The van der Waals surface area contributed by atoms with E-state index in [9.17, 15) is 4.79 Å². The van der Waals surface area contributed by atoms with Crippen LogP contribution < -0.4 is 0 Å². The molecule has 2 rings (SSSR count). The van der Waals surface area contributed by atoms with Gasteiger partial charge in [-0.1, -0.05) is 27.7 Å². The monoisotopic (exact) mass is 302 g/mol. The highest BCUT2D eigenvalue weighted by Gasteiger charge is 2.39. The smallest absolute Gasteiger partial charge is 0.331 e. The summed E-state index contributed by atoms with van der Waals surface area (Å²) in [6.45, 7) is 12.9. The highest BCUT2D eigenvalue weighted by molar-refractivity contribution is 5.90. The van der Waals surface area contributed by atoms with Crippen LogP contribution in [0.5, 0.6) is 0 Å². The van der Waals surface area contributed by atoms with Gasteiger partial charge in [-0.2, -0.15) is 0 Å². The topological polar surface area (TPSA) is 52.1 Å². The van der Waals surface area contributed by atoms with E-state index < -0.39 is 0 Å². The van der Waals surface area contributed by atoms with Gasteiger partial charge in [-0.05, 0) is 32.3 Å². The van der Waals surface area contributed by atoms with Gasteiger partial charge < -0.3 is 4.74 Å². The van der Waals surface area contributed by atoms with Crippen LogP contribution in [-0.4, -0.2) is 22.5 Å². The summed E-state index contributed by atoms with van der Waals surface area (Å²) < 4.78 is 4.96. The number of hydrogen-bond acceptors (Lipinski definition) is 4. The maximum atomic E-state index is 11.6. The first-order chi connectivity index (χ1) is 10.2. The number of hydrogen-bond donors (Lipinski definition) is 0. The minimum Gasteiger partial charge on any atom is -0.463 e. The third-order valence-corrected chi connectivity index (χ3v) is 4.45. The van der Waals surface area contributed by atoms with Crippen molar-refractivity contribution in [3.05, 3.63) is 29.4 Å². The number of ether oxygens (including phenoxy) is 1. The number of allylic oxidation sites excluding steroid dienone is 1. The Hall–Kier alpha value is -1.71. The number of nitrogens with zero attached hydrogens (tertiary/aromatic N) is 2. The van der Waals surface area contributed by atoms with Crippen molar-refractivity contribution in [2.45, 2.75) is 65.2 Å². The molecule has 0 bridgehead atoms. The molecule has 1 aliphatic rings. The second-order valence-electron chi connectivity index (χ2n) is 7.30. The molecule has 4 nitrogen and oxygen atoms in total. The molecule has 0 saturated heterocycles. The molecule has 1 aromatic rings. The molecular weight excluding hydrogens is 276 g/mol. The predicted molar refractivity (Wildman–Crippen MR) is 87.6 cm³/mol. The number of esters is 1. The first kappa shape index (κ1) is 16.7. The summed E-state index contributed by atoms with van der Waals surface area (Å²) in [5, 5.41) is 0. The fourth-order valence-electron chi connectivity index (χ4n) is 2.84. The lowest BCUT2D eigenvalue weighted by Gasteiger charge is -2.39. The first-order valence-corrected chi connectivity index (χ1v) is 7.91. The molecule has 0 radical (unpaired) electrons. The average molecular weight is 302 g/mol. The van der Waals surface area contributed by atoms with Gasteiger partial charge >= 0.3 is 5.97 Å². The van der Waals surface area contributed by atoms with Gasteiger partial charge in [0, 0.05) is 16.9 Å². The van der Waals surface area contributed by atoms with E-state index in [1.807, 2.05) is 6.92 Å². The maximum Gasteiger partial charge on any atom is 0.331 e. The Kier molecular flexibility index (Phi) is 4.41. The quantitative estimate of drug-likeness (QED) is 0.629. The fraction of sp³-hybridized carbons (Fsp3) is 0.611. The van der Waals surface area contributed by atoms with E-state index in [1.54, 1.807) is 13.1 Å². The number of aromatic nitrogens is 2. The molecular formula is C18H26N2O2. The van der Waals surface area contributed by atoms with Crippen LogP contribution in [0.25, 0.3) is 5.57 Å². The SMILES string of the molecule is CCOC(=O)/C=C(/C)c1cnc2c(n1)C(C)(C)CCC2(C)C. The van der Waals surface area contributed by atoms with Crippen LogP contribution in [-0.2, 0) is 20.4 Å². The van der Waals surface area contributed by atoms with Gasteiger partial charge in [0.25, 0.3) is 0 Å². The van der Waals surface area contributed by atoms with Gasteiger partial charge in [0.2, 0.25) is 0 Å². The standard InChI is InChI=1S/C18H26N2O2/c1-7-22-14(21)10-12(2)13-11-19-15-16(20-13)18(5,6)9-8-17(15,3)4/h10-11H,7-9H2,1-6H3/b12-10-. The molecule has 0 N–H and O–H groups in total. The summed E-state index contributed by atoms with van der Waals surface area (Å²) in [5.74, 6) is -0.334. The van der Waals surface area contributed by atoms with Crippen molar-refractivity contribution in [3.63, 3.8) is 0 Å². The summed E-state index contributed by atoms with van der Waals surface area (Å²) in [6.07, 6.45) is 5.46. The van der Waals surface area contributed by atoms with E-state index >= 15 is 0 Å². The first-order valence-electron chi connectivity index (χ1n) is 7.91. The molecule has 4 heteroatoms. The third-order valence-electron chi connectivity index (χ3n) is 4.45. The van der Waals surface area contributed by atoms with Crippen LogP contribution in [0.4, 0.5) is 0 Å². The number of fused-ring (bicyclic) bond motifs is 1. The van der Waals surface area contributed by atoms with E-state index in [0.717, 1.165) is 35.5 Å². The van der Waals surface area contributed by atoms with Gasteiger partial charge in [0.15, 0.2) is 0 Å². The zero-order valence-electron chi connectivity index (χ0n) is 14.5. The lowest BCUT2D eigenvalue weighted by atomic mass is 9.67. The number of carbonyl (C=O) groups excluding carboxylic acids is 1. The number of rotatable bonds is 3. The second kappa shape index (κ2) is 5.82. The normalized spacial score (nSPS) is 19.5. The zero-order chi connectivity index (χ0) is 16.5. The highest BCUT2D eigenvalue weighted by Crippen LogP contribution is 2.43. The fourth-order valence-corrected chi connectivity index (χ4v) is 2.84. The molecule has 0 atom stereocenters. The van der Waals surface area contributed by atoms with Gasteiger partial charge in [-0.15, -0.1) is 0 Å². The van der Waals surface area contributed by atoms with Gasteiger partial charge in [-0.3, -0.25) is 4.98 Å². The number of carbonyl (C=O) groups is 1. The Balaban J connectivity index is 2.44. The van der Waals surface area contributed by atoms with E-state index in [2.05, 4.69) is 32.7 Å². The van der Waals surface area contributed by atoms with Crippen LogP contribution in [0.1, 0.15) is 71.5 Å². The Morgan fingerprint density at radius 1 is 1.23 bits per heavy atom. The molecule has 0 aliphatic heterocycles. The maximum absolute atomic E-state index is 11.6. The Morgan fingerprint density at radius 3 is 2.41 bits per heavy atom. The van der Waals surface area contributed by atoms with Crippen molar-refractivity contribution >= 4 is 11.5 Å². The molecule has 22 heavy (non-hydrogen) atoms. The largest absolute Gasteiger partial charge is 0.463 e. The molecule has 1 heterocycles. The average Bonchev–Trinajstić information content (AvgIpc) is 2.44. The molecule has 0 unspecified atom stereocenters. The van der Waals surface area contributed by atoms with E-state index in [1.165, 1.54) is 6.08 Å². The summed E-state index contributed by atoms with van der Waals surface area (Å²) in [7, 11) is 0. The summed E-state index contributed by atoms with van der Waals surface area (Å²) in [6, 6.07) is 0. The minimum absolute atomic E-state index is 0.0120. The van der Waals surface area contributed by atoms with Crippen molar-refractivity contribution in [1.82, 2.24) is 9.97 Å². The van der Waals surface area contributed by atoms with Crippen molar-refractivity contribution < 1.29 is 9.53 Å². The lowest BCUT2D eigenvalue weighted by Crippen LogP contribution is -2.36. The minimum atomic E-state index is -0.334. The van der Waals surface area contributed by atoms with Crippen LogP contribution in [0.3, 0.4) is 0 Å². The molecule has 1 aliphatic carbocycles. The second-order valence-corrected chi connectivity index (χ2v) is 7.30. The molecule has 0 saturated carbocycles. The summed E-state index contributed by atoms with van der Waals surface area (Å²) >= 11 is 0. The van der Waals surface area contributed by atoms with Crippen LogP contribution in [0, 0.1) is 0 Å². The Bertz CT molecular complexity index is 616. The van der Waals surface area contributed by atoms with E-state index in [0.29, 0.717) is 6.61 Å². The highest BCUT2D eigenvalue weighted by atomic mass is 16.5. The zero-order valence-corrected chi connectivity index (χ0v) is 14.5. The molecule has 120 valence electrons. The van der Waals surface area contributed by atoms with Gasteiger partial charge in [0.1, 0.15) is 0 Å². The molecule has 0 amide bonds. The van der Waals surface area contributed by atoms with Gasteiger partial charge in [0.05, 0.1) is 29.9 Å². The van der Waals surface area contributed by atoms with Crippen LogP contribution in [0.2, 0.25) is 0 Å². The van der Waals surface area contributed by atoms with Crippen molar-refractivity contribution in [1.29, 1.82) is 0 Å². The summed E-state index contributed by atoms with van der Waals surface area (Å²) in [5.41, 5.74) is 3.73.